The van der Waals surface area contributed by atoms with Gasteiger partial charge < -0.3 is 0 Å². The Labute approximate surface area is 125 Å². The van der Waals surface area contributed by atoms with Gasteiger partial charge in [-0.2, -0.15) is 0 Å². The average Bonchev–Trinajstić information content (AvgIpc) is 2.54. The van der Waals surface area contributed by atoms with E-state index in [1.807, 2.05) is 0 Å². The maximum absolute atomic E-state index is 2.32. The van der Waals surface area contributed by atoms with Crippen molar-refractivity contribution in [1.82, 2.24) is 0 Å². The lowest BCUT2D eigenvalue weighted by Crippen LogP contribution is -2.61. The minimum absolute atomic E-state index is 0.436. The van der Waals surface area contributed by atoms with E-state index in [1.165, 1.54) is 33.2 Å². The quantitative estimate of drug-likeness (QED) is 0.376. The van der Waals surface area contributed by atoms with E-state index in [0.717, 1.165) is 12.8 Å². The van der Waals surface area contributed by atoms with Crippen LogP contribution in [0.15, 0.2) is 66.7 Å². The van der Waals surface area contributed by atoms with Crippen molar-refractivity contribution in [3.63, 3.8) is 0 Å². The second-order valence-corrected chi connectivity index (χ2v) is 6.17. The van der Waals surface area contributed by atoms with Crippen molar-refractivity contribution in [2.24, 2.45) is 0 Å². The van der Waals surface area contributed by atoms with Crippen LogP contribution in [0.25, 0.3) is 0 Å². The van der Waals surface area contributed by atoms with E-state index < -0.39 is 0 Å². The molecule has 3 aromatic carbocycles. The summed E-state index contributed by atoms with van der Waals surface area (Å²) in [5, 5.41) is 0. The van der Waals surface area contributed by atoms with E-state index in [4.69, 9.17) is 0 Å². The van der Waals surface area contributed by atoms with Crippen LogP contribution in [0.4, 0.5) is 0 Å². The van der Waals surface area contributed by atoms with Gasteiger partial charge in [-0.1, -0.05) is 83.1 Å². The van der Waals surface area contributed by atoms with Crippen LogP contribution >= 0.6 is 0 Å². The molecule has 0 nitrogen and oxygen atoms in total. The van der Waals surface area contributed by atoms with E-state index in [2.05, 4.69) is 66.7 Å². The van der Waals surface area contributed by atoms with Gasteiger partial charge in [-0.25, -0.2) is 0 Å². The molecule has 5 rings (SSSR count). The number of rotatable bonds is 0. The molecule has 3 aromatic rings. The van der Waals surface area contributed by atoms with Crippen molar-refractivity contribution in [3.05, 3.63) is 89.0 Å². The van der Waals surface area contributed by atoms with Gasteiger partial charge in [-0.15, -0.1) is 0 Å². The van der Waals surface area contributed by atoms with E-state index in [0.29, 0.717) is 6.71 Å². The summed E-state index contributed by atoms with van der Waals surface area (Å²) in [6.07, 6.45) is 2.16. The van der Waals surface area contributed by atoms with Gasteiger partial charge in [0.15, 0.2) is 0 Å². The molecule has 0 aromatic heterocycles. The molecule has 0 amide bonds. The predicted molar refractivity (Wildman–Crippen MR) is 89.6 cm³/mol. The Bertz CT molecular complexity index is 795. The highest BCUT2D eigenvalue weighted by atomic mass is 14.2. The van der Waals surface area contributed by atoms with Crippen molar-refractivity contribution in [2.75, 3.05) is 0 Å². The summed E-state index contributed by atoms with van der Waals surface area (Å²) in [5.41, 5.74) is 10.6. The van der Waals surface area contributed by atoms with E-state index >= 15 is 0 Å². The van der Waals surface area contributed by atoms with Crippen LogP contribution in [-0.4, -0.2) is 6.71 Å². The van der Waals surface area contributed by atoms with Gasteiger partial charge in [0.05, 0.1) is 0 Å². The molecule has 0 spiro atoms. The van der Waals surface area contributed by atoms with E-state index in [9.17, 15) is 0 Å². The summed E-state index contributed by atoms with van der Waals surface area (Å²) in [6, 6.07) is 24.8. The van der Waals surface area contributed by atoms with Gasteiger partial charge in [-0.3, -0.25) is 0 Å². The summed E-state index contributed by atoms with van der Waals surface area (Å²) in [7, 11) is 0. The van der Waals surface area contributed by atoms with Gasteiger partial charge in [0, 0.05) is 0 Å². The van der Waals surface area contributed by atoms with Crippen molar-refractivity contribution in [2.45, 2.75) is 12.8 Å². The highest BCUT2D eigenvalue weighted by Gasteiger charge is 2.35. The third kappa shape index (κ3) is 1.52. The van der Waals surface area contributed by atoms with Gasteiger partial charge in [-0.05, 0) is 35.1 Å². The summed E-state index contributed by atoms with van der Waals surface area (Å²) in [4.78, 5) is 0. The smallest absolute Gasteiger partial charge is 0.0667 e. The Morgan fingerprint density at radius 3 is 1.57 bits per heavy atom. The monoisotopic (exact) mass is 266 g/mol. The molecule has 98 valence electrons. The highest BCUT2D eigenvalue weighted by molar-refractivity contribution is 6.97. The first kappa shape index (κ1) is 11.4. The Hall–Kier alpha value is -2.28. The summed E-state index contributed by atoms with van der Waals surface area (Å²) >= 11 is 0. The molecular formula is C20H15B. The second kappa shape index (κ2) is 4.11. The minimum Gasteiger partial charge on any atom is -0.0667 e. The van der Waals surface area contributed by atoms with Crippen LogP contribution in [0.1, 0.15) is 22.3 Å². The first-order valence-electron chi connectivity index (χ1n) is 7.68. The SMILES string of the molecule is c1ccc2c(c1)Cc1cccc3c1B2c1ccccc1C3. The first-order valence-corrected chi connectivity index (χ1v) is 7.68. The molecule has 21 heavy (non-hydrogen) atoms. The third-order valence-corrected chi connectivity index (χ3v) is 5.07. The number of hydrogen-bond acceptors (Lipinski definition) is 0. The summed E-state index contributed by atoms with van der Waals surface area (Å²) in [5.74, 6) is 0. The zero-order valence-electron chi connectivity index (χ0n) is 11.8. The normalized spacial score (nSPS) is 14.2. The molecule has 2 aliphatic rings. The molecule has 0 bridgehead atoms. The lowest BCUT2D eigenvalue weighted by atomic mass is 9.30. The molecule has 0 radical (unpaired) electrons. The standard InChI is InChI=1S/C20H15B/c1-3-10-18-14(6-1)12-16-8-5-9-17-13-15-7-2-4-11-19(15)21(18)20(16)17/h1-11H,12-13H2. The molecule has 1 heteroatoms. The zero-order valence-corrected chi connectivity index (χ0v) is 11.8. The topological polar surface area (TPSA) is 0 Å². The van der Waals surface area contributed by atoms with Gasteiger partial charge in [0.1, 0.15) is 0 Å². The van der Waals surface area contributed by atoms with Crippen LogP contribution in [-0.2, 0) is 12.8 Å². The molecule has 0 saturated carbocycles. The average molecular weight is 266 g/mol. The lowest BCUT2D eigenvalue weighted by Gasteiger charge is -2.33. The van der Waals surface area contributed by atoms with Crippen LogP contribution in [0.3, 0.4) is 0 Å². The Kier molecular flexibility index (Phi) is 2.23. The fourth-order valence-electron chi connectivity index (χ4n) is 4.19. The fourth-order valence-corrected chi connectivity index (χ4v) is 4.19. The third-order valence-electron chi connectivity index (χ3n) is 5.07. The predicted octanol–water partition coefficient (Wildman–Crippen LogP) is 2.01. The minimum atomic E-state index is 0.436. The van der Waals surface area contributed by atoms with E-state index in [1.54, 1.807) is 5.46 Å². The first-order chi connectivity index (χ1) is 10.4. The van der Waals surface area contributed by atoms with Crippen molar-refractivity contribution in [1.29, 1.82) is 0 Å². The van der Waals surface area contributed by atoms with Gasteiger partial charge >= 0.3 is 0 Å². The molecule has 0 atom stereocenters. The molecule has 0 unspecified atom stereocenters. The van der Waals surface area contributed by atoms with Crippen LogP contribution in [0, 0.1) is 0 Å². The molecule has 0 saturated heterocycles. The lowest BCUT2D eigenvalue weighted by molar-refractivity contribution is 1.15. The molecule has 2 heterocycles. The van der Waals surface area contributed by atoms with Crippen LogP contribution in [0.2, 0.25) is 0 Å². The summed E-state index contributed by atoms with van der Waals surface area (Å²) in [6.45, 7) is 0.436. The fraction of sp³-hybridized carbons (Fsp3) is 0.100. The maximum Gasteiger partial charge on any atom is 0.242 e. The Morgan fingerprint density at radius 1 is 0.524 bits per heavy atom. The zero-order chi connectivity index (χ0) is 13.8. The van der Waals surface area contributed by atoms with Crippen molar-refractivity contribution < 1.29 is 0 Å². The molecule has 0 aliphatic carbocycles. The highest BCUT2D eigenvalue weighted by Crippen LogP contribution is 2.21. The van der Waals surface area contributed by atoms with Gasteiger partial charge in [0.25, 0.3) is 0 Å². The molecule has 2 aliphatic heterocycles. The summed E-state index contributed by atoms with van der Waals surface area (Å²) < 4.78 is 0. The van der Waals surface area contributed by atoms with Crippen LogP contribution < -0.4 is 16.4 Å². The maximum atomic E-state index is 2.32. The molecule has 0 N–H and O–H groups in total. The number of fused-ring (bicyclic) bond motifs is 4. The Morgan fingerprint density at radius 2 is 1.00 bits per heavy atom. The largest absolute Gasteiger partial charge is 0.242 e. The Balaban J connectivity index is 1.88. The number of benzene rings is 3. The number of hydrogen-bond donors (Lipinski definition) is 0. The van der Waals surface area contributed by atoms with Crippen molar-refractivity contribution >= 4 is 23.1 Å². The van der Waals surface area contributed by atoms with Crippen molar-refractivity contribution in [3.8, 4) is 0 Å². The molecular weight excluding hydrogens is 251 g/mol. The van der Waals surface area contributed by atoms with Gasteiger partial charge in [0.2, 0.25) is 6.71 Å². The van der Waals surface area contributed by atoms with Crippen LogP contribution in [0.5, 0.6) is 0 Å². The molecule has 0 fully saturated rings. The second-order valence-electron chi connectivity index (χ2n) is 6.17. The van der Waals surface area contributed by atoms with E-state index in [-0.39, 0.29) is 0 Å².